The van der Waals surface area contributed by atoms with Crippen LogP contribution in [0.5, 0.6) is 0 Å². The van der Waals surface area contributed by atoms with Crippen LogP contribution in [0.2, 0.25) is 0 Å². The number of hydrogen-bond acceptors (Lipinski definition) is 8. The molecule has 44 heavy (non-hydrogen) atoms. The molecular weight excluding hydrogens is 578 g/mol. The first kappa shape index (κ1) is 30.6. The van der Waals surface area contributed by atoms with E-state index in [0.29, 0.717) is 60.9 Å². The molecule has 2 saturated heterocycles. The zero-order valence-corrected chi connectivity index (χ0v) is 27.1. The monoisotopic (exact) mass is 623 g/mol. The lowest BCUT2D eigenvalue weighted by Gasteiger charge is -2.36. The molecule has 1 atom stereocenters. The van der Waals surface area contributed by atoms with Crippen LogP contribution in [-0.4, -0.2) is 73.5 Å². The molecule has 2 N–H and O–H groups in total. The molecule has 2 aromatic heterocycles. The summed E-state index contributed by atoms with van der Waals surface area (Å²) in [5.74, 6) is 1.43. The summed E-state index contributed by atoms with van der Waals surface area (Å²) < 4.78 is 28.7. The average molecular weight is 624 g/mol. The Kier molecular flexibility index (Phi) is 8.00. The topological polar surface area (TPSA) is 128 Å². The maximum absolute atomic E-state index is 13.7. The highest BCUT2D eigenvalue weighted by atomic mass is 32.2. The molecule has 0 aromatic carbocycles. The SMILES string of the molecule is CC1(C)CCC(CN2CCN(c3ccc4c(n3)N3C[C@@H](CCCNc5cccc(n5)S(=O)(=O)NC4=O)CC3(C)C)C2=O)CC1. The van der Waals surface area contributed by atoms with Gasteiger partial charge < -0.3 is 15.1 Å². The van der Waals surface area contributed by atoms with E-state index in [0.717, 1.165) is 38.6 Å². The highest BCUT2D eigenvalue weighted by Crippen LogP contribution is 2.41. The lowest BCUT2D eigenvalue weighted by Crippen LogP contribution is -2.41. The van der Waals surface area contributed by atoms with Crippen LogP contribution >= 0.6 is 0 Å². The smallest absolute Gasteiger partial charge is 0.325 e. The number of pyridine rings is 2. The van der Waals surface area contributed by atoms with Crippen LogP contribution in [-0.2, 0) is 10.0 Å². The number of aromatic nitrogens is 2. The lowest BCUT2D eigenvalue weighted by molar-refractivity contribution is 0.0981. The Balaban J connectivity index is 1.30. The Morgan fingerprint density at radius 2 is 1.75 bits per heavy atom. The van der Waals surface area contributed by atoms with Crippen molar-refractivity contribution >= 4 is 39.4 Å². The highest BCUT2D eigenvalue weighted by molar-refractivity contribution is 7.90. The first-order valence-corrected chi connectivity index (χ1v) is 17.4. The fraction of sp³-hybridized carbons (Fsp3) is 0.625. The minimum absolute atomic E-state index is 0.0662. The normalized spacial score (nSPS) is 25.1. The molecule has 11 nitrogen and oxygen atoms in total. The van der Waals surface area contributed by atoms with Gasteiger partial charge in [-0.3, -0.25) is 9.69 Å². The van der Waals surface area contributed by atoms with Crippen LogP contribution in [0.3, 0.4) is 0 Å². The van der Waals surface area contributed by atoms with Gasteiger partial charge in [-0.05, 0) is 100 Å². The number of carbonyl (C=O) groups is 2. The van der Waals surface area contributed by atoms with Crippen molar-refractivity contribution in [3.05, 3.63) is 35.9 Å². The van der Waals surface area contributed by atoms with Crippen molar-refractivity contribution in [2.75, 3.05) is 47.8 Å². The number of sulfonamides is 1. The second kappa shape index (κ2) is 11.5. The van der Waals surface area contributed by atoms with Gasteiger partial charge in [0.05, 0.1) is 5.56 Å². The molecule has 4 aliphatic rings. The Bertz CT molecular complexity index is 1530. The van der Waals surface area contributed by atoms with E-state index in [1.54, 1.807) is 29.2 Å². The molecule has 0 radical (unpaired) electrons. The van der Waals surface area contributed by atoms with E-state index < -0.39 is 15.9 Å². The van der Waals surface area contributed by atoms with E-state index in [1.165, 1.54) is 18.9 Å². The summed E-state index contributed by atoms with van der Waals surface area (Å²) in [4.78, 5) is 42.2. The Morgan fingerprint density at radius 3 is 2.52 bits per heavy atom. The second-order valence-electron chi connectivity index (χ2n) is 14.4. The lowest BCUT2D eigenvalue weighted by atomic mass is 9.73. The average Bonchev–Trinajstić information content (AvgIpc) is 3.48. The summed E-state index contributed by atoms with van der Waals surface area (Å²) in [6.07, 6.45) is 7.38. The minimum Gasteiger partial charge on any atom is -0.370 e. The van der Waals surface area contributed by atoms with E-state index in [9.17, 15) is 18.0 Å². The summed E-state index contributed by atoms with van der Waals surface area (Å²) in [5.41, 5.74) is 0.209. The molecule has 1 aliphatic carbocycles. The van der Waals surface area contributed by atoms with Crippen LogP contribution in [0.1, 0.15) is 83.0 Å². The van der Waals surface area contributed by atoms with Crippen molar-refractivity contribution in [3.63, 3.8) is 0 Å². The molecule has 6 rings (SSSR count). The molecule has 2 aromatic rings. The third kappa shape index (κ3) is 6.23. The third-order valence-corrected chi connectivity index (χ3v) is 11.2. The molecule has 5 heterocycles. The predicted octanol–water partition coefficient (Wildman–Crippen LogP) is 4.86. The van der Waals surface area contributed by atoms with Gasteiger partial charge in [0, 0.05) is 38.3 Å². The zero-order chi connectivity index (χ0) is 31.3. The number of carbonyl (C=O) groups excluding carboxylic acids is 2. The quantitative estimate of drug-likeness (QED) is 0.496. The number of nitrogens with one attached hydrogen (secondary N) is 2. The first-order valence-electron chi connectivity index (χ1n) is 15.9. The Morgan fingerprint density at radius 1 is 0.977 bits per heavy atom. The van der Waals surface area contributed by atoms with Crippen LogP contribution in [0, 0.1) is 17.3 Å². The summed E-state index contributed by atoms with van der Waals surface area (Å²) >= 11 is 0. The van der Waals surface area contributed by atoms with Crippen LogP contribution in [0.15, 0.2) is 35.4 Å². The maximum atomic E-state index is 13.7. The van der Waals surface area contributed by atoms with Crippen molar-refractivity contribution in [1.82, 2.24) is 19.6 Å². The summed E-state index contributed by atoms with van der Waals surface area (Å²) in [6, 6.07) is 7.89. The van der Waals surface area contributed by atoms with Crippen LogP contribution < -0.4 is 19.8 Å². The molecule has 1 saturated carbocycles. The summed E-state index contributed by atoms with van der Waals surface area (Å²) in [5, 5.41) is 2.99. The van der Waals surface area contributed by atoms with E-state index >= 15 is 0 Å². The first-order chi connectivity index (χ1) is 20.8. The van der Waals surface area contributed by atoms with Crippen LogP contribution in [0.25, 0.3) is 0 Å². The number of urea groups is 1. The Labute approximate surface area is 260 Å². The van der Waals surface area contributed by atoms with Gasteiger partial charge in [0.1, 0.15) is 17.5 Å². The fourth-order valence-corrected chi connectivity index (χ4v) is 8.28. The molecule has 3 amide bonds. The summed E-state index contributed by atoms with van der Waals surface area (Å²) in [6.45, 7) is 12.1. The van der Waals surface area contributed by atoms with E-state index in [4.69, 9.17) is 4.98 Å². The molecular formula is C32H45N7O4S. The molecule has 0 spiro atoms. The predicted molar refractivity (Wildman–Crippen MR) is 170 cm³/mol. The zero-order valence-electron chi connectivity index (χ0n) is 26.3. The van der Waals surface area contributed by atoms with Gasteiger partial charge in [-0.2, -0.15) is 8.42 Å². The number of nitrogens with zero attached hydrogens (tertiary/aromatic N) is 5. The molecule has 238 valence electrons. The minimum atomic E-state index is -4.25. The van der Waals surface area contributed by atoms with Crippen molar-refractivity contribution in [2.24, 2.45) is 17.3 Å². The maximum Gasteiger partial charge on any atom is 0.325 e. The van der Waals surface area contributed by atoms with Crippen molar-refractivity contribution < 1.29 is 18.0 Å². The number of rotatable bonds is 3. The Hall–Kier alpha value is -3.41. The van der Waals surface area contributed by atoms with Gasteiger partial charge in [-0.15, -0.1) is 0 Å². The van der Waals surface area contributed by atoms with Crippen molar-refractivity contribution in [1.29, 1.82) is 0 Å². The van der Waals surface area contributed by atoms with Gasteiger partial charge in [0.25, 0.3) is 15.9 Å². The standard InChI is InChI=1S/C32H45N7O4S/c1-31(2)14-12-22(13-15-31)20-37-17-18-38(30(37)41)26-11-10-24-28(35-26)39-21-23(19-32(39,3)4)7-6-16-33-25-8-5-9-27(34-25)44(42,43)36-29(24)40/h5,8-11,22-23H,6-7,12-21H2,1-4H3,(H,33,34)(H,36,40)/t23-/m0/s1. The molecule has 12 heteroatoms. The second-order valence-corrected chi connectivity index (χ2v) is 16.0. The number of amides is 3. The van der Waals surface area contributed by atoms with Crippen molar-refractivity contribution in [3.8, 4) is 0 Å². The molecule has 3 fully saturated rings. The van der Waals surface area contributed by atoms with E-state index in [1.807, 2.05) is 4.90 Å². The van der Waals surface area contributed by atoms with E-state index in [2.05, 4.69) is 47.6 Å². The van der Waals surface area contributed by atoms with Gasteiger partial charge in [-0.25, -0.2) is 19.5 Å². The van der Waals surface area contributed by atoms with Crippen LogP contribution in [0.4, 0.5) is 22.2 Å². The van der Waals surface area contributed by atoms with Gasteiger partial charge in [0.15, 0.2) is 5.03 Å². The number of hydrogen-bond donors (Lipinski definition) is 2. The van der Waals surface area contributed by atoms with Crippen molar-refractivity contribution in [2.45, 2.75) is 83.2 Å². The van der Waals surface area contributed by atoms with Gasteiger partial charge in [-0.1, -0.05) is 19.9 Å². The number of fused-ring (bicyclic) bond motifs is 6. The van der Waals surface area contributed by atoms with E-state index in [-0.39, 0.29) is 22.2 Å². The molecule has 3 aliphatic heterocycles. The third-order valence-electron chi connectivity index (χ3n) is 9.95. The fourth-order valence-electron chi connectivity index (χ4n) is 7.34. The summed E-state index contributed by atoms with van der Waals surface area (Å²) in [7, 11) is -4.25. The van der Waals surface area contributed by atoms with Gasteiger partial charge in [0.2, 0.25) is 0 Å². The molecule has 0 unspecified atom stereocenters. The van der Waals surface area contributed by atoms with Gasteiger partial charge >= 0.3 is 6.03 Å². The largest absolute Gasteiger partial charge is 0.370 e. The highest BCUT2D eigenvalue weighted by Gasteiger charge is 2.42. The molecule has 4 bridgehead atoms. The number of anilines is 3.